The first kappa shape index (κ1) is 25.2. The summed E-state index contributed by atoms with van der Waals surface area (Å²) in [6.07, 6.45) is 1.19. The van der Waals surface area contributed by atoms with Gasteiger partial charge in [0.15, 0.2) is 0 Å². The van der Waals surface area contributed by atoms with Crippen LogP contribution in [-0.4, -0.2) is 39.6 Å². The number of nitrogens with zero attached hydrogens (tertiary/aromatic N) is 3. The first-order valence-corrected chi connectivity index (χ1v) is 11.9. The van der Waals surface area contributed by atoms with Crippen molar-refractivity contribution in [1.82, 2.24) is 14.7 Å². The van der Waals surface area contributed by atoms with Crippen molar-refractivity contribution in [3.8, 4) is 16.8 Å². The number of anilines is 1. The molecular weight excluding hydrogens is 424 g/mol. The lowest BCUT2D eigenvalue weighted by Crippen LogP contribution is -2.40. The summed E-state index contributed by atoms with van der Waals surface area (Å²) in [6, 6.07) is 17.9. The van der Waals surface area contributed by atoms with Gasteiger partial charge in [0.1, 0.15) is 5.82 Å². The summed E-state index contributed by atoms with van der Waals surface area (Å²) in [4.78, 5) is 27.8. The van der Waals surface area contributed by atoms with E-state index in [9.17, 15) is 9.59 Å². The molecule has 0 saturated heterocycles. The second-order valence-corrected chi connectivity index (χ2v) is 10.0. The van der Waals surface area contributed by atoms with Gasteiger partial charge in [-0.1, -0.05) is 75.7 Å². The van der Waals surface area contributed by atoms with Gasteiger partial charge >= 0.3 is 0 Å². The molecule has 0 spiro atoms. The van der Waals surface area contributed by atoms with Crippen LogP contribution in [0.2, 0.25) is 0 Å². The Hall–Kier alpha value is -3.41. The van der Waals surface area contributed by atoms with E-state index in [-0.39, 0.29) is 23.8 Å². The average molecular weight is 461 g/mol. The van der Waals surface area contributed by atoms with E-state index in [2.05, 4.69) is 5.32 Å². The topological polar surface area (TPSA) is 67.2 Å². The molecule has 0 aliphatic carbocycles. The number of amides is 2. The van der Waals surface area contributed by atoms with Gasteiger partial charge in [0.05, 0.1) is 17.9 Å². The largest absolute Gasteiger partial charge is 0.333 e. The molecule has 1 N–H and O–H groups in total. The maximum Gasteiger partial charge on any atom is 0.245 e. The molecule has 0 bridgehead atoms. The minimum absolute atomic E-state index is 0.00370. The maximum absolute atomic E-state index is 13.3. The fourth-order valence-corrected chi connectivity index (χ4v) is 3.94. The molecule has 1 aromatic heterocycles. The third-order valence-corrected chi connectivity index (χ3v) is 5.52. The molecule has 0 aliphatic rings. The third-order valence-electron chi connectivity index (χ3n) is 5.52. The van der Waals surface area contributed by atoms with Crippen molar-refractivity contribution >= 4 is 17.6 Å². The van der Waals surface area contributed by atoms with Crippen molar-refractivity contribution in [2.45, 2.75) is 54.4 Å². The second kappa shape index (κ2) is 10.7. The zero-order chi connectivity index (χ0) is 24.9. The van der Waals surface area contributed by atoms with E-state index >= 15 is 0 Å². The van der Waals surface area contributed by atoms with Gasteiger partial charge in [0.2, 0.25) is 11.8 Å². The van der Waals surface area contributed by atoms with E-state index < -0.39 is 0 Å². The molecule has 0 radical (unpaired) electrons. The predicted octanol–water partition coefficient (Wildman–Crippen LogP) is 5.77. The summed E-state index contributed by atoms with van der Waals surface area (Å²) in [5, 5.41) is 7.85. The molecule has 3 rings (SSSR count). The van der Waals surface area contributed by atoms with Crippen molar-refractivity contribution in [1.29, 1.82) is 0 Å². The zero-order valence-corrected chi connectivity index (χ0v) is 21.2. The van der Waals surface area contributed by atoms with Gasteiger partial charge in [0, 0.05) is 18.5 Å². The first-order chi connectivity index (χ1) is 16.1. The van der Waals surface area contributed by atoms with Crippen LogP contribution in [0.1, 0.15) is 51.8 Å². The Morgan fingerprint density at radius 3 is 2.24 bits per heavy atom. The van der Waals surface area contributed by atoms with Crippen LogP contribution in [0.3, 0.4) is 0 Å². The van der Waals surface area contributed by atoms with Crippen molar-refractivity contribution < 1.29 is 9.59 Å². The Kier molecular flexibility index (Phi) is 7.92. The van der Waals surface area contributed by atoms with Crippen LogP contribution in [0.4, 0.5) is 5.82 Å². The number of carbonyl (C=O) groups is 2. The Morgan fingerprint density at radius 2 is 1.65 bits per heavy atom. The van der Waals surface area contributed by atoms with E-state index in [4.69, 9.17) is 5.10 Å². The molecule has 2 amide bonds. The minimum Gasteiger partial charge on any atom is -0.333 e. The van der Waals surface area contributed by atoms with Gasteiger partial charge in [-0.05, 0) is 43.4 Å². The lowest BCUT2D eigenvalue weighted by molar-refractivity contribution is -0.136. The summed E-state index contributed by atoms with van der Waals surface area (Å²) >= 11 is 0. The highest BCUT2D eigenvalue weighted by molar-refractivity contribution is 5.98. The Morgan fingerprint density at radius 1 is 1.00 bits per heavy atom. The predicted molar refractivity (Wildman–Crippen MR) is 138 cm³/mol. The summed E-state index contributed by atoms with van der Waals surface area (Å²) in [6.45, 7) is 12.6. The van der Waals surface area contributed by atoms with Gasteiger partial charge in [-0.15, -0.1) is 0 Å². The number of rotatable bonds is 8. The summed E-state index contributed by atoms with van der Waals surface area (Å²) < 4.78 is 1.77. The Labute approximate surface area is 203 Å². The van der Waals surface area contributed by atoms with Gasteiger partial charge in [-0.25, -0.2) is 4.68 Å². The highest BCUT2D eigenvalue weighted by atomic mass is 16.2. The van der Waals surface area contributed by atoms with Gasteiger partial charge in [0.25, 0.3) is 0 Å². The number of hydrogen-bond donors (Lipinski definition) is 1. The number of benzene rings is 2. The van der Waals surface area contributed by atoms with E-state index in [1.54, 1.807) is 9.58 Å². The molecule has 34 heavy (non-hydrogen) atoms. The average Bonchev–Trinajstić information content (AvgIpc) is 3.09. The Balaban J connectivity index is 1.96. The zero-order valence-electron chi connectivity index (χ0n) is 21.2. The molecule has 0 atom stereocenters. The smallest absolute Gasteiger partial charge is 0.245 e. The summed E-state index contributed by atoms with van der Waals surface area (Å²) in [7, 11) is 0. The number of aryl methyl sites for hydroxylation is 2. The van der Waals surface area contributed by atoms with Crippen molar-refractivity contribution in [2.24, 2.45) is 5.41 Å². The number of aromatic nitrogens is 2. The number of hydrogen-bond acceptors (Lipinski definition) is 3. The van der Waals surface area contributed by atoms with Gasteiger partial charge < -0.3 is 10.2 Å². The van der Waals surface area contributed by atoms with Crippen LogP contribution in [0.15, 0.2) is 54.6 Å². The van der Waals surface area contributed by atoms with Crippen LogP contribution < -0.4 is 5.32 Å². The van der Waals surface area contributed by atoms with E-state index in [0.29, 0.717) is 18.8 Å². The minimum atomic E-state index is -0.235. The van der Waals surface area contributed by atoms with Crippen molar-refractivity contribution in [3.05, 3.63) is 65.9 Å². The van der Waals surface area contributed by atoms with Crippen LogP contribution >= 0.6 is 0 Å². The second-order valence-electron chi connectivity index (χ2n) is 10.0. The number of nitrogens with one attached hydrogen (secondary N) is 1. The lowest BCUT2D eigenvalue weighted by atomic mass is 9.91. The molecular formula is C28H36N4O2. The van der Waals surface area contributed by atoms with Crippen LogP contribution in [0, 0.1) is 19.3 Å². The Bertz CT molecular complexity index is 1130. The lowest BCUT2D eigenvalue weighted by Gasteiger charge is -2.26. The van der Waals surface area contributed by atoms with Crippen LogP contribution in [0.25, 0.3) is 16.8 Å². The maximum atomic E-state index is 13.3. The fourth-order valence-electron chi connectivity index (χ4n) is 3.94. The molecule has 6 heteroatoms. The van der Waals surface area contributed by atoms with Crippen molar-refractivity contribution in [2.75, 3.05) is 18.4 Å². The van der Waals surface area contributed by atoms with Crippen LogP contribution in [-0.2, 0) is 9.59 Å². The normalized spacial score (nSPS) is 11.4. The molecule has 0 unspecified atom stereocenters. The molecule has 0 fully saturated rings. The molecule has 0 saturated carbocycles. The highest BCUT2D eigenvalue weighted by Crippen LogP contribution is 2.33. The summed E-state index contributed by atoms with van der Waals surface area (Å²) in [5.74, 6) is 0.370. The fraction of sp³-hybridized carbons (Fsp3) is 0.393. The van der Waals surface area contributed by atoms with E-state index in [1.165, 1.54) is 0 Å². The first-order valence-electron chi connectivity index (χ1n) is 11.9. The highest BCUT2D eigenvalue weighted by Gasteiger charge is 2.25. The van der Waals surface area contributed by atoms with Gasteiger partial charge in [-0.2, -0.15) is 5.10 Å². The monoisotopic (exact) mass is 460 g/mol. The quantitative estimate of drug-likeness (QED) is 0.464. The standard InChI is InChI=1S/C28H36N4O2/c1-7-17-31(25(34)18-28(4,5)6)19-24(33)29-27-26(22-11-9-8-10-12-22)21(3)30-32(27)23-15-13-20(2)14-16-23/h8-16H,7,17-19H2,1-6H3,(H,29,33). The molecule has 1 heterocycles. The van der Waals surface area contributed by atoms with Gasteiger partial charge in [-0.3, -0.25) is 9.59 Å². The third kappa shape index (κ3) is 6.34. The summed E-state index contributed by atoms with van der Waals surface area (Å²) in [5.41, 5.74) is 4.53. The molecule has 180 valence electrons. The van der Waals surface area contributed by atoms with E-state index in [0.717, 1.165) is 34.5 Å². The molecule has 0 aliphatic heterocycles. The van der Waals surface area contributed by atoms with E-state index in [1.807, 2.05) is 96.1 Å². The molecule has 3 aromatic rings. The molecule has 2 aromatic carbocycles. The number of carbonyl (C=O) groups excluding carboxylic acids is 2. The SMILES string of the molecule is CCCN(CC(=O)Nc1c(-c2ccccc2)c(C)nn1-c1ccc(C)cc1)C(=O)CC(C)(C)C. The van der Waals surface area contributed by atoms with Crippen LogP contribution in [0.5, 0.6) is 0 Å². The molecule has 6 nitrogen and oxygen atoms in total. The van der Waals surface area contributed by atoms with Crippen molar-refractivity contribution in [3.63, 3.8) is 0 Å².